The molecule has 0 unspecified atom stereocenters. The second-order valence-electron chi connectivity index (χ2n) is 7.93. The number of hydrogen-bond donors (Lipinski definition) is 3. The fraction of sp³-hybridized carbons (Fsp3) is 0.375. The molecule has 1 fully saturated rings. The first-order valence-electron chi connectivity index (χ1n) is 11.0. The quantitative estimate of drug-likeness (QED) is 0.451. The molecule has 1 aliphatic rings. The van der Waals surface area contributed by atoms with Crippen molar-refractivity contribution in [3.63, 3.8) is 0 Å². The highest BCUT2D eigenvalue weighted by atomic mass is 19.1. The number of benzene rings is 2. The largest absolute Gasteiger partial charge is 0.354 e. The molecule has 31 heavy (non-hydrogen) atoms. The second kappa shape index (κ2) is 10.7. The summed E-state index contributed by atoms with van der Waals surface area (Å²) in [5.74, 6) is 1.39. The van der Waals surface area contributed by atoms with Gasteiger partial charge in [-0.05, 0) is 42.5 Å². The lowest BCUT2D eigenvalue weighted by molar-refractivity contribution is 0.461. The lowest BCUT2D eigenvalue weighted by atomic mass is 9.96. The maximum absolute atomic E-state index is 13.1. The lowest BCUT2D eigenvalue weighted by Crippen LogP contribution is -2.24. The molecule has 162 valence electrons. The Morgan fingerprint density at radius 3 is 2.16 bits per heavy atom. The molecule has 1 aromatic heterocycles. The number of aromatic nitrogens is 3. The molecule has 0 spiro atoms. The van der Waals surface area contributed by atoms with Crippen molar-refractivity contribution in [3.8, 4) is 0 Å². The van der Waals surface area contributed by atoms with Crippen molar-refractivity contribution >= 4 is 17.8 Å². The van der Waals surface area contributed by atoms with Crippen LogP contribution in [0.25, 0.3) is 0 Å². The van der Waals surface area contributed by atoms with Gasteiger partial charge in [-0.1, -0.05) is 61.7 Å². The molecular weight excluding hydrogens is 391 g/mol. The van der Waals surface area contributed by atoms with Crippen LogP contribution in [0, 0.1) is 5.82 Å². The highest BCUT2D eigenvalue weighted by Crippen LogP contribution is 2.21. The minimum absolute atomic E-state index is 0.243. The summed E-state index contributed by atoms with van der Waals surface area (Å²) < 4.78 is 13.1. The topological polar surface area (TPSA) is 74.8 Å². The fourth-order valence-corrected chi connectivity index (χ4v) is 3.77. The summed E-state index contributed by atoms with van der Waals surface area (Å²) in [5, 5.41) is 10.1. The maximum Gasteiger partial charge on any atom is 0.229 e. The van der Waals surface area contributed by atoms with E-state index in [0.717, 1.165) is 31.4 Å². The molecule has 0 aliphatic heterocycles. The van der Waals surface area contributed by atoms with Crippen molar-refractivity contribution in [3.05, 3.63) is 71.5 Å². The molecule has 0 amide bonds. The van der Waals surface area contributed by atoms with Crippen LogP contribution in [0.2, 0.25) is 0 Å². The predicted octanol–water partition coefficient (Wildman–Crippen LogP) is 5.02. The summed E-state index contributed by atoms with van der Waals surface area (Å²) in [6.07, 6.45) is 6.94. The van der Waals surface area contributed by atoms with Gasteiger partial charge in [0, 0.05) is 19.1 Å². The fourth-order valence-electron chi connectivity index (χ4n) is 3.77. The van der Waals surface area contributed by atoms with Crippen LogP contribution in [0.15, 0.2) is 54.6 Å². The molecule has 0 radical (unpaired) electrons. The monoisotopic (exact) mass is 420 g/mol. The number of rotatable bonds is 9. The van der Waals surface area contributed by atoms with Gasteiger partial charge in [-0.2, -0.15) is 15.0 Å². The molecule has 1 aliphatic carbocycles. The molecule has 0 saturated heterocycles. The Balaban J connectivity index is 1.43. The number of hydrogen-bond acceptors (Lipinski definition) is 6. The molecule has 3 N–H and O–H groups in total. The van der Waals surface area contributed by atoms with Crippen LogP contribution in [0.4, 0.5) is 22.2 Å². The van der Waals surface area contributed by atoms with Crippen LogP contribution in [-0.2, 0) is 13.0 Å². The molecule has 1 saturated carbocycles. The first-order valence-corrected chi connectivity index (χ1v) is 11.0. The Labute approximate surface area is 182 Å². The third kappa shape index (κ3) is 6.64. The molecular formula is C24H29FN6. The van der Waals surface area contributed by atoms with E-state index >= 15 is 0 Å². The third-order valence-electron chi connectivity index (χ3n) is 5.48. The van der Waals surface area contributed by atoms with Crippen LogP contribution in [0.5, 0.6) is 0 Å². The van der Waals surface area contributed by atoms with Crippen LogP contribution in [-0.4, -0.2) is 27.5 Å². The molecule has 7 heteroatoms. The highest BCUT2D eigenvalue weighted by molar-refractivity contribution is 5.43. The minimum atomic E-state index is -0.243. The molecule has 1 heterocycles. The van der Waals surface area contributed by atoms with E-state index in [4.69, 9.17) is 0 Å². The molecule has 0 atom stereocenters. The molecule has 0 bridgehead atoms. The second-order valence-corrected chi connectivity index (χ2v) is 7.93. The van der Waals surface area contributed by atoms with Gasteiger partial charge in [-0.25, -0.2) is 4.39 Å². The van der Waals surface area contributed by atoms with Gasteiger partial charge >= 0.3 is 0 Å². The van der Waals surface area contributed by atoms with E-state index in [2.05, 4.69) is 43.0 Å². The number of nitrogens with zero attached hydrogens (tertiary/aromatic N) is 3. The first kappa shape index (κ1) is 21.0. The minimum Gasteiger partial charge on any atom is -0.354 e. The standard InChI is InChI=1S/C24H29FN6/c25-20-13-11-19(12-14-20)17-27-23-29-22(26-16-15-18-7-3-1-4-8-18)30-24(31-23)28-21-9-5-2-6-10-21/h1,3-4,7-8,11-14,21H,2,5-6,9-10,15-17H2,(H3,26,27,28,29,30,31). The number of anilines is 3. The van der Waals surface area contributed by atoms with Gasteiger partial charge in [0.2, 0.25) is 17.8 Å². The van der Waals surface area contributed by atoms with Crippen molar-refractivity contribution in [2.45, 2.75) is 51.1 Å². The first-order chi connectivity index (χ1) is 15.2. The summed E-state index contributed by atoms with van der Waals surface area (Å²) in [7, 11) is 0. The third-order valence-corrected chi connectivity index (χ3v) is 5.48. The SMILES string of the molecule is Fc1ccc(CNc2nc(NCCc3ccccc3)nc(NC3CCCCC3)n2)cc1. The van der Waals surface area contributed by atoms with Gasteiger partial charge in [0.15, 0.2) is 0 Å². The molecule has 3 aromatic rings. The Hall–Kier alpha value is -3.22. The summed E-state index contributed by atoms with van der Waals surface area (Å²) in [4.78, 5) is 13.7. The van der Waals surface area contributed by atoms with Gasteiger partial charge in [0.05, 0.1) is 0 Å². The predicted molar refractivity (Wildman–Crippen MR) is 123 cm³/mol. The number of halogens is 1. The summed E-state index contributed by atoms with van der Waals surface area (Å²) in [5.41, 5.74) is 2.22. The Morgan fingerprint density at radius 2 is 1.42 bits per heavy atom. The normalized spacial score (nSPS) is 14.2. The van der Waals surface area contributed by atoms with Crippen LogP contribution in [0.3, 0.4) is 0 Å². The lowest BCUT2D eigenvalue weighted by Gasteiger charge is -2.23. The van der Waals surface area contributed by atoms with Gasteiger partial charge < -0.3 is 16.0 Å². The molecule has 4 rings (SSSR count). The summed E-state index contributed by atoms with van der Waals surface area (Å²) in [6.45, 7) is 1.24. The van der Waals surface area contributed by atoms with E-state index in [1.807, 2.05) is 18.2 Å². The van der Waals surface area contributed by atoms with Crippen molar-refractivity contribution in [1.29, 1.82) is 0 Å². The molecule has 6 nitrogen and oxygen atoms in total. The highest BCUT2D eigenvalue weighted by Gasteiger charge is 2.15. The Morgan fingerprint density at radius 1 is 0.742 bits per heavy atom. The summed E-state index contributed by atoms with van der Waals surface area (Å²) in [6, 6.07) is 17.1. The Kier molecular flexibility index (Phi) is 7.26. The van der Waals surface area contributed by atoms with Crippen molar-refractivity contribution < 1.29 is 4.39 Å². The van der Waals surface area contributed by atoms with Gasteiger partial charge in [0.1, 0.15) is 5.82 Å². The van der Waals surface area contributed by atoms with Gasteiger partial charge in [-0.15, -0.1) is 0 Å². The summed E-state index contributed by atoms with van der Waals surface area (Å²) >= 11 is 0. The van der Waals surface area contributed by atoms with Gasteiger partial charge in [-0.3, -0.25) is 0 Å². The zero-order valence-electron chi connectivity index (χ0n) is 17.6. The van der Waals surface area contributed by atoms with Crippen LogP contribution < -0.4 is 16.0 Å². The van der Waals surface area contributed by atoms with E-state index in [1.165, 1.54) is 37.0 Å². The zero-order chi connectivity index (χ0) is 21.3. The Bertz CT molecular complexity index is 942. The van der Waals surface area contributed by atoms with E-state index in [-0.39, 0.29) is 5.82 Å². The van der Waals surface area contributed by atoms with Crippen LogP contribution in [0.1, 0.15) is 43.2 Å². The average Bonchev–Trinajstić information content (AvgIpc) is 2.80. The maximum atomic E-state index is 13.1. The van der Waals surface area contributed by atoms with Crippen molar-refractivity contribution in [2.75, 3.05) is 22.5 Å². The molecule has 2 aromatic carbocycles. The smallest absolute Gasteiger partial charge is 0.229 e. The van der Waals surface area contributed by atoms with Crippen molar-refractivity contribution in [1.82, 2.24) is 15.0 Å². The van der Waals surface area contributed by atoms with E-state index < -0.39 is 0 Å². The average molecular weight is 421 g/mol. The van der Waals surface area contributed by atoms with Gasteiger partial charge in [0.25, 0.3) is 0 Å². The van der Waals surface area contributed by atoms with Crippen molar-refractivity contribution in [2.24, 2.45) is 0 Å². The number of nitrogens with one attached hydrogen (secondary N) is 3. The zero-order valence-corrected chi connectivity index (χ0v) is 17.6. The van der Waals surface area contributed by atoms with E-state index in [0.29, 0.717) is 30.4 Å². The van der Waals surface area contributed by atoms with E-state index in [1.54, 1.807) is 12.1 Å². The van der Waals surface area contributed by atoms with E-state index in [9.17, 15) is 4.39 Å². The van der Waals surface area contributed by atoms with Crippen LogP contribution >= 0.6 is 0 Å².